The number of esters is 1. The molecule has 0 bridgehead atoms. The van der Waals surface area contributed by atoms with Crippen LogP contribution in [0.1, 0.15) is 63.6 Å². The van der Waals surface area contributed by atoms with Crippen LogP contribution < -0.4 is 4.74 Å². The molecule has 0 fully saturated rings. The third-order valence-corrected chi connectivity index (χ3v) is 4.22. The van der Waals surface area contributed by atoms with Gasteiger partial charge in [-0.2, -0.15) is 0 Å². The van der Waals surface area contributed by atoms with Crippen LogP contribution in [0.15, 0.2) is 48.5 Å². The van der Waals surface area contributed by atoms with Crippen LogP contribution in [0.25, 0.3) is 0 Å². The Balaban J connectivity index is 1.87. The van der Waals surface area contributed by atoms with E-state index in [0.717, 1.165) is 0 Å². The normalized spacial score (nSPS) is 11.6. The van der Waals surface area contributed by atoms with Crippen LogP contribution in [0.2, 0.25) is 0 Å². The summed E-state index contributed by atoms with van der Waals surface area (Å²) in [5, 5.41) is 0. The van der Waals surface area contributed by atoms with Gasteiger partial charge in [-0.05, 0) is 46.6 Å². The highest BCUT2D eigenvalue weighted by atomic mass is 16.5. The molecule has 0 N–H and O–H groups in total. The molecular weight excluding hydrogens is 296 g/mol. The molecule has 24 heavy (non-hydrogen) atoms. The molecule has 2 rings (SSSR count). The summed E-state index contributed by atoms with van der Waals surface area (Å²) in [6.45, 7) is 10.9. The molecule has 0 atom stereocenters. The van der Waals surface area contributed by atoms with E-state index in [9.17, 15) is 4.79 Å². The summed E-state index contributed by atoms with van der Waals surface area (Å²) in [5.41, 5.74) is 3.82. The number of hydrogen-bond donors (Lipinski definition) is 0. The van der Waals surface area contributed by atoms with Gasteiger partial charge in [0.25, 0.3) is 0 Å². The average Bonchev–Trinajstić information content (AvgIpc) is 2.53. The fourth-order valence-electron chi connectivity index (χ4n) is 2.52. The lowest BCUT2D eigenvalue weighted by Crippen LogP contribution is -2.12. The van der Waals surface area contributed by atoms with Crippen molar-refractivity contribution in [1.82, 2.24) is 0 Å². The fourth-order valence-corrected chi connectivity index (χ4v) is 2.52. The van der Waals surface area contributed by atoms with Crippen LogP contribution in [0.3, 0.4) is 0 Å². The van der Waals surface area contributed by atoms with Gasteiger partial charge in [-0.1, -0.05) is 71.0 Å². The van der Waals surface area contributed by atoms with Crippen molar-refractivity contribution in [3.63, 3.8) is 0 Å². The highest BCUT2D eigenvalue weighted by Gasteiger charge is 2.13. The minimum atomic E-state index is -0.188. The number of aryl methyl sites for hydroxylation is 1. The first-order valence-corrected chi connectivity index (χ1v) is 8.66. The lowest BCUT2D eigenvalue weighted by molar-refractivity contribution is -0.134. The Kier molecular flexibility index (Phi) is 5.82. The van der Waals surface area contributed by atoms with Crippen molar-refractivity contribution in [3.05, 3.63) is 65.2 Å². The van der Waals surface area contributed by atoms with Gasteiger partial charge in [0.2, 0.25) is 0 Å². The van der Waals surface area contributed by atoms with Crippen molar-refractivity contribution in [1.29, 1.82) is 0 Å². The zero-order valence-corrected chi connectivity index (χ0v) is 15.4. The van der Waals surface area contributed by atoms with E-state index in [4.69, 9.17) is 4.74 Å². The minimum absolute atomic E-state index is 0.102. The predicted octanol–water partition coefficient (Wildman–Crippen LogP) is 5.65. The molecule has 0 heterocycles. The van der Waals surface area contributed by atoms with Crippen LogP contribution in [0, 0.1) is 0 Å². The van der Waals surface area contributed by atoms with E-state index in [-0.39, 0.29) is 11.4 Å². The summed E-state index contributed by atoms with van der Waals surface area (Å²) in [4.78, 5) is 12.0. The summed E-state index contributed by atoms with van der Waals surface area (Å²) in [6.07, 6.45) is 1.10. The van der Waals surface area contributed by atoms with E-state index in [1.807, 2.05) is 24.3 Å². The van der Waals surface area contributed by atoms with Gasteiger partial charge in [-0.15, -0.1) is 0 Å². The Bertz CT molecular complexity index is 659. The number of rotatable bonds is 5. The molecule has 0 aliphatic carbocycles. The van der Waals surface area contributed by atoms with Gasteiger partial charge in [0.05, 0.1) is 0 Å². The second kappa shape index (κ2) is 7.65. The smallest absolute Gasteiger partial charge is 0.311 e. The van der Waals surface area contributed by atoms with Crippen molar-refractivity contribution in [2.45, 2.75) is 58.8 Å². The van der Waals surface area contributed by atoms with E-state index < -0.39 is 0 Å². The first-order chi connectivity index (χ1) is 11.3. The Labute approximate surface area is 145 Å². The Hall–Kier alpha value is -2.09. The molecule has 0 spiro atoms. The van der Waals surface area contributed by atoms with Crippen molar-refractivity contribution in [3.8, 4) is 5.75 Å². The van der Waals surface area contributed by atoms with Gasteiger partial charge < -0.3 is 4.74 Å². The number of ether oxygens (including phenoxy) is 1. The molecule has 0 saturated heterocycles. The zero-order chi connectivity index (χ0) is 17.7. The van der Waals surface area contributed by atoms with E-state index in [0.29, 0.717) is 24.5 Å². The van der Waals surface area contributed by atoms with Crippen molar-refractivity contribution >= 4 is 5.97 Å². The van der Waals surface area contributed by atoms with Crippen molar-refractivity contribution < 1.29 is 9.53 Å². The molecule has 0 radical (unpaired) electrons. The van der Waals surface area contributed by atoms with Gasteiger partial charge in [-0.25, -0.2) is 0 Å². The first-order valence-electron chi connectivity index (χ1n) is 8.66. The van der Waals surface area contributed by atoms with Crippen LogP contribution in [0.5, 0.6) is 5.75 Å². The molecule has 2 aromatic rings. The van der Waals surface area contributed by atoms with Gasteiger partial charge in [0, 0.05) is 6.42 Å². The number of carbonyl (C=O) groups excluding carboxylic acids is 1. The number of benzene rings is 2. The molecule has 0 amide bonds. The molecule has 2 aromatic carbocycles. The monoisotopic (exact) mass is 324 g/mol. The minimum Gasteiger partial charge on any atom is -0.427 e. The first kappa shape index (κ1) is 18.3. The number of hydrogen-bond acceptors (Lipinski definition) is 2. The molecule has 2 heteroatoms. The highest BCUT2D eigenvalue weighted by Crippen LogP contribution is 2.24. The Morgan fingerprint density at radius 3 is 2.04 bits per heavy atom. The maximum atomic E-state index is 12.0. The third kappa shape index (κ3) is 5.23. The summed E-state index contributed by atoms with van der Waals surface area (Å²) < 4.78 is 5.43. The molecule has 0 aliphatic heterocycles. The van der Waals surface area contributed by atoms with E-state index in [1.54, 1.807) is 0 Å². The molecule has 0 unspecified atom stereocenters. The topological polar surface area (TPSA) is 26.3 Å². The van der Waals surface area contributed by atoms with Gasteiger partial charge >= 0.3 is 5.97 Å². The SMILES string of the molecule is CC(C)c1ccc(CCC(=O)Oc2ccc(C(C)(C)C)cc2)cc1. The summed E-state index contributed by atoms with van der Waals surface area (Å²) >= 11 is 0. The highest BCUT2D eigenvalue weighted by molar-refractivity contribution is 5.72. The van der Waals surface area contributed by atoms with Crippen LogP contribution in [0.4, 0.5) is 0 Å². The lowest BCUT2D eigenvalue weighted by atomic mass is 9.87. The fraction of sp³-hybridized carbons (Fsp3) is 0.409. The van der Waals surface area contributed by atoms with Crippen molar-refractivity contribution in [2.24, 2.45) is 0 Å². The molecular formula is C22H28O2. The second-order valence-electron chi connectivity index (χ2n) is 7.64. The second-order valence-corrected chi connectivity index (χ2v) is 7.64. The van der Waals surface area contributed by atoms with Crippen LogP contribution in [-0.4, -0.2) is 5.97 Å². The van der Waals surface area contributed by atoms with E-state index >= 15 is 0 Å². The maximum Gasteiger partial charge on any atom is 0.311 e. The van der Waals surface area contributed by atoms with Crippen molar-refractivity contribution in [2.75, 3.05) is 0 Å². The summed E-state index contributed by atoms with van der Waals surface area (Å²) in [6, 6.07) is 16.3. The maximum absolute atomic E-state index is 12.0. The molecule has 0 aliphatic rings. The van der Waals surface area contributed by atoms with E-state index in [1.165, 1.54) is 16.7 Å². The quantitative estimate of drug-likeness (QED) is 0.525. The Morgan fingerprint density at radius 1 is 0.958 bits per heavy atom. The lowest BCUT2D eigenvalue weighted by Gasteiger charge is -2.19. The molecule has 2 nitrogen and oxygen atoms in total. The summed E-state index contributed by atoms with van der Waals surface area (Å²) in [7, 11) is 0. The third-order valence-electron chi connectivity index (χ3n) is 4.22. The standard InChI is InChI=1S/C22H28O2/c1-16(2)18-9-6-17(7-10-18)8-15-21(23)24-20-13-11-19(12-14-20)22(3,4)5/h6-7,9-14,16H,8,15H2,1-5H3. The van der Waals surface area contributed by atoms with Gasteiger partial charge in [0.1, 0.15) is 5.75 Å². The van der Waals surface area contributed by atoms with E-state index in [2.05, 4.69) is 58.9 Å². The molecule has 0 aromatic heterocycles. The summed E-state index contributed by atoms with van der Waals surface area (Å²) in [5.74, 6) is 0.953. The Morgan fingerprint density at radius 2 is 1.54 bits per heavy atom. The zero-order valence-electron chi connectivity index (χ0n) is 15.4. The average molecular weight is 324 g/mol. The largest absolute Gasteiger partial charge is 0.427 e. The number of carbonyl (C=O) groups is 1. The van der Waals surface area contributed by atoms with Gasteiger partial charge in [0.15, 0.2) is 0 Å². The predicted molar refractivity (Wildman–Crippen MR) is 99.6 cm³/mol. The van der Waals surface area contributed by atoms with Gasteiger partial charge in [-0.3, -0.25) is 4.79 Å². The van der Waals surface area contributed by atoms with Crippen LogP contribution in [-0.2, 0) is 16.6 Å². The molecule has 128 valence electrons. The molecule has 0 saturated carbocycles. The van der Waals surface area contributed by atoms with Crippen LogP contribution >= 0.6 is 0 Å².